The van der Waals surface area contributed by atoms with Gasteiger partial charge in [-0.05, 0) is 37.4 Å². The van der Waals surface area contributed by atoms with Crippen LogP contribution in [0, 0.1) is 5.92 Å². The Morgan fingerprint density at radius 3 is 2.78 bits per heavy atom. The van der Waals surface area contributed by atoms with E-state index in [1.54, 1.807) is 0 Å². The van der Waals surface area contributed by atoms with E-state index in [9.17, 15) is 0 Å². The number of para-hydroxylation sites is 1. The molecule has 18 heavy (non-hydrogen) atoms. The van der Waals surface area contributed by atoms with E-state index in [1.165, 1.54) is 18.4 Å². The summed E-state index contributed by atoms with van der Waals surface area (Å²) in [5, 5.41) is 0.426. The van der Waals surface area contributed by atoms with E-state index in [-0.39, 0.29) is 0 Å². The van der Waals surface area contributed by atoms with Crippen LogP contribution >= 0.6 is 11.6 Å². The number of halogens is 1. The fourth-order valence-corrected chi connectivity index (χ4v) is 3.53. The highest BCUT2D eigenvalue weighted by molar-refractivity contribution is 6.21. The van der Waals surface area contributed by atoms with Crippen molar-refractivity contribution in [1.82, 2.24) is 4.90 Å². The summed E-state index contributed by atoms with van der Waals surface area (Å²) in [4.78, 5) is 2.39. The molecular formula is C15H20ClNO. The molecule has 1 aliphatic carbocycles. The molecule has 1 heterocycles. The monoisotopic (exact) mass is 265 g/mol. The van der Waals surface area contributed by atoms with Gasteiger partial charge < -0.3 is 9.64 Å². The molecule has 0 bridgehead atoms. The molecule has 1 aromatic carbocycles. The molecule has 2 nitrogen and oxygen atoms in total. The second-order valence-electron chi connectivity index (χ2n) is 5.71. The fraction of sp³-hybridized carbons (Fsp3) is 0.600. The van der Waals surface area contributed by atoms with Crippen molar-refractivity contribution in [1.29, 1.82) is 0 Å². The normalized spacial score (nSPS) is 29.8. The molecule has 0 radical (unpaired) electrons. The van der Waals surface area contributed by atoms with Crippen molar-refractivity contribution in [3.63, 3.8) is 0 Å². The van der Waals surface area contributed by atoms with Gasteiger partial charge in [0, 0.05) is 24.9 Å². The van der Waals surface area contributed by atoms with E-state index >= 15 is 0 Å². The molecule has 0 aromatic heterocycles. The molecule has 0 saturated heterocycles. The molecule has 1 fully saturated rings. The van der Waals surface area contributed by atoms with Crippen LogP contribution in [0.1, 0.15) is 18.4 Å². The summed E-state index contributed by atoms with van der Waals surface area (Å²) in [5.74, 6) is 1.86. The van der Waals surface area contributed by atoms with Gasteiger partial charge in [-0.1, -0.05) is 18.2 Å². The summed E-state index contributed by atoms with van der Waals surface area (Å²) >= 11 is 6.02. The number of hydrogen-bond donors (Lipinski definition) is 0. The van der Waals surface area contributed by atoms with Gasteiger partial charge in [0.25, 0.3) is 0 Å². The summed E-state index contributed by atoms with van der Waals surface area (Å²) in [6.07, 6.45) is 3.72. The zero-order chi connectivity index (χ0) is 12.5. The highest BCUT2D eigenvalue weighted by Crippen LogP contribution is 2.33. The standard InChI is InChI=1S/C15H20ClNO/c1-17(9-11-6-13(16)7-11)10-14-8-12-4-2-3-5-15(12)18-14/h2-5,11,13-14H,6-10H2,1H3. The maximum absolute atomic E-state index is 6.02. The highest BCUT2D eigenvalue weighted by atomic mass is 35.5. The molecule has 1 aliphatic heterocycles. The first-order valence-corrected chi connectivity index (χ1v) is 7.21. The molecule has 0 amide bonds. The van der Waals surface area contributed by atoms with Crippen LogP contribution < -0.4 is 4.74 Å². The summed E-state index contributed by atoms with van der Waals surface area (Å²) in [7, 11) is 2.19. The van der Waals surface area contributed by atoms with Crippen LogP contribution in [-0.2, 0) is 6.42 Å². The van der Waals surface area contributed by atoms with Gasteiger partial charge in [0.05, 0.1) is 0 Å². The molecule has 1 atom stereocenters. The van der Waals surface area contributed by atoms with E-state index in [1.807, 2.05) is 6.07 Å². The number of alkyl halides is 1. The SMILES string of the molecule is CN(CC1CC(Cl)C1)CC1Cc2ccccc2O1. The van der Waals surface area contributed by atoms with Gasteiger partial charge in [0.2, 0.25) is 0 Å². The third-order valence-corrected chi connectivity index (χ3v) is 4.33. The van der Waals surface area contributed by atoms with Crippen LogP contribution in [0.25, 0.3) is 0 Å². The third-order valence-electron chi connectivity index (χ3n) is 3.98. The van der Waals surface area contributed by atoms with Crippen molar-refractivity contribution in [3.05, 3.63) is 29.8 Å². The second-order valence-corrected chi connectivity index (χ2v) is 6.32. The molecule has 1 unspecified atom stereocenters. The topological polar surface area (TPSA) is 12.5 Å². The zero-order valence-electron chi connectivity index (χ0n) is 10.8. The number of benzene rings is 1. The van der Waals surface area contributed by atoms with E-state index < -0.39 is 0 Å². The molecule has 0 spiro atoms. The van der Waals surface area contributed by atoms with Crippen molar-refractivity contribution in [2.24, 2.45) is 5.92 Å². The lowest BCUT2D eigenvalue weighted by Crippen LogP contribution is -2.39. The van der Waals surface area contributed by atoms with Crippen LogP contribution in [-0.4, -0.2) is 36.5 Å². The molecule has 0 N–H and O–H groups in total. The molecule has 1 saturated carbocycles. The quantitative estimate of drug-likeness (QED) is 0.776. The van der Waals surface area contributed by atoms with E-state index in [0.717, 1.165) is 31.2 Å². The second kappa shape index (κ2) is 5.10. The van der Waals surface area contributed by atoms with Gasteiger partial charge in [-0.3, -0.25) is 0 Å². The van der Waals surface area contributed by atoms with Crippen LogP contribution in [0.4, 0.5) is 0 Å². The fourth-order valence-electron chi connectivity index (χ4n) is 3.02. The van der Waals surface area contributed by atoms with Gasteiger partial charge in [-0.25, -0.2) is 0 Å². The predicted molar refractivity (Wildman–Crippen MR) is 74.4 cm³/mol. The van der Waals surface area contributed by atoms with Crippen LogP contribution in [0.3, 0.4) is 0 Å². The molecule has 3 rings (SSSR count). The number of likely N-dealkylation sites (N-methyl/N-ethyl adjacent to an activating group) is 1. The Labute approximate surface area is 114 Å². The maximum Gasteiger partial charge on any atom is 0.123 e. The Balaban J connectivity index is 1.47. The average molecular weight is 266 g/mol. The lowest BCUT2D eigenvalue weighted by atomic mass is 9.84. The first-order valence-electron chi connectivity index (χ1n) is 6.78. The van der Waals surface area contributed by atoms with Crippen molar-refractivity contribution >= 4 is 11.6 Å². The highest BCUT2D eigenvalue weighted by Gasteiger charge is 2.29. The Morgan fingerprint density at radius 2 is 2.06 bits per heavy atom. The van der Waals surface area contributed by atoms with Gasteiger partial charge in [0.15, 0.2) is 0 Å². The van der Waals surface area contributed by atoms with Gasteiger partial charge in [0.1, 0.15) is 11.9 Å². The molecule has 3 heteroatoms. The number of rotatable bonds is 4. The summed E-state index contributed by atoms with van der Waals surface area (Å²) in [6.45, 7) is 2.16. The molecule has 2 aliphatic rings. The summed E-state index contributed by atoms with van der Waals surface area (Å²) in [6, 6.07) is 8.36. The lowest BCUT2D eigenvalue weighted by molar-refractivity contribution is 0.139. The number of nitrogens with zero attached hydrogens (tertiary/aromatic N) is 1. The Bertz CT molecular complexity index is 392. The lowest BCUT2D eigenvalue weighted by Gasteiger charge is -2.34. The van der Waals surface area contributed by atoms with E-state index in [2.05, 4.69) is 30.1 Å². The van der Waals surface area contributed by atoms with Crippen LogP contribution in [0.2, 0.25) is 0 Å². The van der Waals surface area contributed by atoms with Crippen molar-refractivity contribution in [2.45, 2.75) is 30.7 Å². The smallest absolute Gasteiger partial charge is 0.123 e. The minimum atomic E-state index is 0.319. The summed E-state index contributed by atoms with van der Waals surface area (Å²) < 4.78 is 5.96. The first kappa shape index (κ1) is 12.3. The van der Waals surface area contributed by atoms with Gasteiger partial charge in [-0.2, -0.15) is 0 Å². The largest absolute Gasteiger partial charge is 0.488 e. The molecular weight excluding hydrogens is 246 g/mol. The third kappa shape index (κ3) is 2.65. The van der Waals surface area contributed by atoms with Gasteiger partial charge >= 0.3 is 0 Å². The van der Waals surface area contributed by atoms with Crippen molar-refractivity contribution in [3.8, 4) is 5.75 Å². The Kier molecular flexibility index (Phi) is 3.49. The maximum atomic E-state index is 6.02. The minimum absolute atomic E-state index is 0.319. The first-order chi connectivity index (χ1) is 8.70. The minimum Gasteiger partial charge on any atom is -0.488 e. The van der Waals surface area contributed by atoms with Crippen LogP contribution in [0.15, 0.2) is 24.3 Å². The van der Waals surface area contributed by atoms with Crippen molar-refractivity contribution in [2.75, 3.05) is 20.1 Å². The zero-order valence-corrected chi connectivity index (χ0v) is 11.6. The predicted octanol–water partition coefficient (Wildman–Crippen LogP) is 2.94. The van der Waals surface area contributed by atoms with E-state index in [4.69, 9.17) is 16.3 Å². The Hall–Kier alpha value is -0.730. The molecule has 98 valence electrons. The average Bonchev–Trinajstić information content (AvgIpc) is 2.68. The number of fused-ring (bicyclic) bond motifs is 1. The number of hydrogen-bond acceptors (Lipinski definition) is 2. The van der Waals surface area contributed by atoms with E-state index in [0.29, 0.717) is 11.5 Å². The van der Waals surface area contributed by atoms with Gasteiger partial charge in [-0.15, -0.1) is 11.6 Å². The van der Waals surface area contributed by atoms with Crippen molar-refractivity contribution < 1.29 is 4.74 Å². The number of ether oxygens (including phenoxy) is 1. The Morgan fingerprint density at radius 1 is 1.28 bits per heavy atom. The summed E-state index contributed by atoms with van der Waals surface area (Å²) in [5.41, 5.74) is 1.35. The van der Waals surface area contributed by atoms with Crippen LogP contribution in [0.5, 0.6) is 5.75 Å². The molecule has 1 aromatic rings.